The number of anilines is 1. The van der Waals surface area contributed by atoms with Crippen LogP contribution in [0.3, 0.4) is 0 Å². The van der Waals surface area contributed by atoms with Gasteiger partial charge in [0.1, 0.15) is 18.3 Å². The van der Waals surface area contributed by atoms with Crippen LogP contribution in [0, 0.1) is 0 Å². The second-order valence-electron chi connectivity index (χ2n) is 4.31. The number of carboxylic acid groups (broad SMARTS) is 1. The van der Waals surface area contributed by atoms with Gasteiger partial charge in [0, 0.05) is 5.69 Å². The van der Waals surface area contributed by atoms with Gasteiger partial charge in [0.15, 0.2) is 6.23 Å². The fourth-order valence-electron chi connectivity index (χ4n) is 1.80. The Bertz CT molecular complexity index is 448. The molecule has 0 unspecified atom stereocenters. The van der Waals surface area contributed by atoms with Crippen LogP contribution in [-0.4, -0.2) is 52.4 Å². The highest BCUT2D eigenvalue weighted by Gasteiger charge is 2.37. The second-order valence-corrected chi connectivity index (χ2v) is 4.31. The Labute approximate surface area is 109 Å². The lowest BCUT2D eigenvalue weighted by atomic mass is 10.0. The molecule has 1 aromatic rings. The summed E-state index contributed by atoms with van der Waals surface area (Å²) in [6.45, 7) is -0.104. The third-order valence-electron chi connectivity index (χ3n) is 2.93. The molecule has 2 rings (SSSR count). The molecule has 1 heterocycles. The zero-order valence-corrected chi connectivity index (χ0v) is 9.89. The minimum Gasteiger partial charge on any atom is -0.545 e. The molecule has 4 N–H and O–H groups in total. The van der Waals surface area contributed by atoms with Crippen LogP contribution >= 0.6 is 0 Å². The Balaban J connectivity index is 2.03. The van der Waals surface area contributed by atoms with E-state index < -0.39 is 30.5 Å². The standard InChI is InChI=1S/C12H15NO6/c14-8-5-19-11(10(16)9(8)15)13-7-3-1-6(2-4-7)12(17)18/h1-4,8-11,13-16H,5H2,(H,17,18)/p-1/t8-,9-,10+,11+/m0/s1. The number of aromatic carboxylic acids is 1. The van der Waals surface area contributed by atoms with Gasteiger partial charge in [-0.2, -0.15) is 0 Å². The molecule has 0 saturated carbocycles. The summed E-state index contributed by atoms with van der Waals surface area (Å²) >= 11 is 0. The zero-order chi connectivity index (χ0) is 14.0. The predicted molar refractivity (Wildman–Crippen MR) is 62.2 cm³/mol. The van der Waals surface area contributed by atoms with Crippen LogP contribution in [0.5, 0.6) is 0 Å². The minimum atomic E-state index is -1.30. The lowest BCUT2D eigenvalue weighted by Crippen LogP contribution is -2.55. The highest BCUT2D eigenvalue weighted by molar-refractivity contribution is 5.86. The van der Waals surface area contributed by atoms with Crippen LogP contribution in [0.25, 0.3) is 0 Å². The van der Waals surface area contributed by atoms with Gasteiger partial charge < -0.3 is 35.3 Å². The van der Waals surface area contributed by atoms with E-state index in [1.54, 1.807) is 0 Å². The van der Waals surface area contributed by atoms with Crippen molar-refractivity contribution in [3.63, 3.8) is 0 Å². The van der Waals surface area contributed by atoms with Crippen molar-refractivity contribution < 1.29 is 30.0 Å². The summed E-state index contributed by atoms with van der Waals surface area (Å²) in [5, 5.41) is 41.9. The van der Waals surface area contributed by atoms with Gasteiger partial charge in [-0.15, -0.1) is 0 Å². The maximum Gasteiger partial charge on any atom is 0.156 e. The van der Waals surface area contributed by atoms with Gasteiger partial charge in [-0.25, -0.2) is 0 Å². The molecule has 0 aliphatic carbocycles. The number of rotatable bonds is 3. The number of nitrogens with one attached hydrogen (secondary N) is 1. The molecule has 0 bridgehead atoms. The molecule has 0 radical (unpaired) electrons. The first kappa shape index (κ1) is 13.8. The molecule has 104 valence electrons. The maximum atomic E-state index is 10.6. The van der Waals surface area contributed by atoms with E-state index in [2.05, 4.69) is 5.32 Å². The lowest BCUT2D eigenvalue weighted by Gasteiger charge is -2.35. The number of carbonyl (C=O) groups excluding carboxylic acids is 1. The summed E-state index contributed by atoms with van der Waals surface area (Å²) in [6.07, 6.45) is -4.60. The Morgan fingerprint density at radius 3 is 2.42 bits per heavy atom. The van der Waals surface area contributed by atoms with Crippen molar-refractivity contribution in [3.8, 4) is 0 Å². The van der Waals surface area contributed by atoms with Crippen molar-refractivity contribution in [1.29, 1.82) is 0 Å². The smallest absolute Gasteiger partial charge is 0.156 e. The summed E-state index contributed by atoms with van der Waals surface area (Å²) in [5.74, 6) is -1.28. The highest BCUT2D eigenvalue weighted by atomic mass is 16.5. The molecule has 0 aromatic heterocycles. The molecule has 1 saturated heterocycles. The summed E-state index contributed by atoms with van der Waals surface area (Å²) in [5.41, 5.74) is 0.545. The number of carboxylic acids is 1. The van der Waals surface area contributed by atoms with Crippen LogP contribution in [0.4, 0.5) is 5.69 Å². The molecule has 1 fully saturated rings. The van der Waals surface area contributed by atoms with Crippen molar-refractivity contribution in [2.24, 2.45) is 0 Å². The number of aliphatic hydroxyl groups excluding tert-OH is 3. The first-order chi connectivity index (χ1) is 8.99. The third kappa shape index (κ3) is 3.02. The van der Waals surface area contributed by atoms with E-state index >= 15 is 0 Å². The van der Waals surface area contributed by atoms with Gasteiger partial charge in [-0.3, -0.25) is 0 Å². The zero-order valence-electron chi connectivity index (χ0n) is 9.89. The molecule has 1 aliphatic rings. The van der Waals surface area contributed by atoms with Crippen molar-refractivity contribution in [1.82, 2.24) is 0 Å². The molecule has 0 amide bonds. The first-order valence-corrected chi connectivity index (χ1v) is 5.73. The number of ether oxygens (including phenoxy) is 1. The molecule has 4 atom stereocenters. The van der Waals surface area contributed by atoms with Gasteiger partial charge in [-0.05, 0) is 17.7 Å². The number of hydrogen-bond donors (Lipinski definition) is 4. The minimum absolute atomic E-state index is 0.0334. The molecule has 19 heavy (non-hydrogen) atoms. The van der Waals surface area contributed by atoms with Crippen molar-refractivity contribution in [3.05, 3.63) is 29.8 Å². The normalized spacial score (nSPS) is 30.9. The third-order valence-corrected chi connectivity index (χ3v) is 2.93. The van der Waals surface area contributed by atoms with Crippen molar-refractivity contribution in [2.75, 3.05) is 11.9 Å². The number of carbonyl (C=O) groups is 1. The highest BCUT2D eigenvalue weighted by Crippen LogP contribution is 2.18. The summed E-state index contributed by atoms with van der Waals surface area (Å²) in [6, 6.07) is 5.66. The van der Waals surface area contributed by atoms with Gasteiger partial charge in [0.05, 0.1) is 12.6 Å². The Kier molecular flexibility index (Phi) is 4.01. The van der Waals surface area contributed by atoms with Gasteiger partial charge in [-0.1, -0.05) is 12.1 Å². The number of benzene rings is 1. The lowest BCUT2D eigenvalue weighted by molar-refractivity contribution is -0.255. The molecule has 7 heteroatoms. The molecule has 1 aromatic carbocycles. The quantitative estimate of drug-likeness (QED) is 0.495. The molecular weight excluding hydrogens is 254 g/mol. The summed E-state index contributed by atoms with van der Waals surface area (Å²) < 4.78 is 5.15. The van der Waals surface area contributed by atoms with Crippen LogP contribution in [0.15, 0.2) is 24.3 Å². The Morgan fingerprint density at radius 1 is 1.21 bits per heavy atom. The SMILES string of the molecule is O=C([O-])c1ccc(N[C@@H]2OC[C@H](O)[C@H](O)[C@H]2O)cc1. The topological polar surface area (TPSA) is 122 Å². The Hall–Kier alpha value is -1.67. The van der Waals surface area contributed by atoms with E-state index in [-0.39, 0.29) is 12.2 Å². The summed E-state index contributed by atoms with van der Waals surface area (Å²) in [7, 11) is 0. The molecular formula is C12H14NO6-. The average Bonchev–Trinajstić information content (AvgIpc) is 2.40. The van der Waals surface area contributed by atoms with E-state index in [0.29, 0.717) is 5.69 Å². The van der Waals surface area contributed by atoms with Crippen LogP contribution in [0.1, 0.15) is 10.4 Å². The predicted octanol–water partition coefficient (Wildman–Crippen LogP) is -2.10. The van der Waals surface area contributed by atoms with Gasteiger partial charge in [0.25, 0.3) is 0 Å². The van der Waals surface area contributed by atoms with Crippen LogP contribution < -0.4 is 10.4 Å². The molecule has 7 nitrogen and oxygen atoms in total. The average molecular weight is 268 g/mol. The van der Waals surface area contributed by atoms with Crippen molar-refractivity contribution >= 4 is 11.7 Å². The molecule has 1 aliphatic heterocycles. The van der Waals surface area contributed by atoms with E-state index in [1.165, 1.54) is 24.3 Å². The Morgan fingerprint density at radius 2 is 1.84 bits per heavy atom. The van der Waals surface area contributed by atoms with E-state index in [4.69, 9.17) is 4.74 Å². The van der Waals surface area contributed by atoms with Crippen LogP contribution in [-0.2, 0) is 4.74 Å². The summed E-state index contributed by atoms with van der Waals surface area (Å²) in [4.78, 5) is 10.6. The largest absolute Gasteiger partial charge is 0.545 e. The maximum absolute atomic E-state index is 10.6. The molecule has 0 spiro atoms. The number of aliphatic hydroxyl groups is 3. The van der Waals surface area contributed by atoms with Crippen molar-refractivity contribution in [2.45, 2.75) is 24.5 Å². The van der Waals surface area contributed by atoms with E-state index in [1.807, 2.05) is 0 Å². The van der Waals surface area contributed by atoms with E-state index in [9.17, 15) is 25.2 Å². The number of hydrogen-bond acceptors (Lipinski definition) is 7. The second kappa shape index (κ2) is 5.54. The monoisotopic (exact) mass is 268 g/mol. The fraction of sp³-hybridized carbons (Fsp3) is 0.417. The van der Waals surface area contributed by atoms with Gasteiger partial charge >= 0.3 is 0 Å². The van der Waals surface area contributed by atoms with E-state index in [0.717, 1.165) is 0 Å². The first-order valence-electron chi connectivity index (χ1n) is 5.73. The van der Waals surface area contributed by atoms with Gasteiger partial charge in [0.2, 0.25) is 0 Å². The fourth-order valence-corrected chi connectivity index (χ4v) is 1.80. The van der Waals surface area contributed by atoms with Crippen LogP contribution in [0.2, 0.25) is 0 Å².